The fourth-order valence-electron chi connectivity index (χ4n) is 2.93. The van der Waals surface area contributed by atoms with Gasteiger partial charge in [-0.1, -0.05) is 54.7 Å². The van der Waals surface area contributed by atoms with Gasteiger partial charge in [0.2, 0.25) is 0 Å². The Labute approximate surface area is 150 Å². The topological polar surface area (TPSA) is 75.4 Å². The summed E-state index contributed by atoms with van der Waals surface area (Å²) in [5.41, 5.74) is 1.29. The van der Waals surface area contributed by atoms with Crippen LogP contribution in [0.5, 0.6) is 5.75 Å². The third-order valence-corrected chi connectivity index (χ3v) is 4.12. The highest BCUT2D eigenvalue weighted by atomic mass is 32.1. The number of fused-ring (bicyclic) bond motifs is 1. The highest BCUT2D eigenvalue weighted by molar-refractivity contribution is 7.80. The minimum Gasteiger partial charge on any atom is -0.508 e. The van der Waals surface area contributed by atoms with E-state index in [1.165, 1.54) is 12.1 Å². The van der Waals surface area contributed by atoms with Crippen molar-refractivity contribution in [2.45, 2.75) is 13.0 Å². The molecule has 0 aromatic heterocycles. The third-order valence-electron chi connectivity index (χ3n) is 4.00. The van der Waals surface area contributed by atoms with Crippen LogP contribution in [0.1, 0.15) is 24.1 Å². The van der Waals surface area contributed by atoms with Crippen LogP contribution in [-0.4, -0.2) is 15.0 Å². The van der Waals surface area contributed by atoms with Gasteiger partial charge in [0.05, 0.1) is 16.0 Å². The lowest BCUT2D eigenvalue weighted by molar-refractivity contribution is -0.384. The second kappa shape index (κ2) is 6.86. The zero-order chi connectivity index (χ0) is 18.0. The molecule has 3 rings (SSSR count). The van der Waals surface area contributed by atoms with Crippen LogP contribution in [0, 0.1) is 10.1 Å². The van der Waals surface area contributed by atoms with Crippen LogP contribution in [-0.2, 0) is 0 Å². The Kier molecular flexibility index (Phi) is 4.63. The molecule has 126 valence electrons. The molecule has 0 fully saturated rings. The van der Waals surface area contributed by atoms with E-state index in [4.69, 9.17) is 12.2 Å². The summed E-state index contributed by atoms with van der Waals surface area (Å²) in [6.45, 7) is 1.74. The SMILES string of the molecule is CC(=S)NC(c1cccc([N+](=O)[O-])c1)c1c(O)ccc2ccccc12. The van der Waals surface area contributed by atoms with Crippen LogP contribution in [0.15, 0.2) is 60.7 Å². The summed E-state index contributed by atoms with van der Waals surface area (Å²) in [4.78, 5) is 11.2. The molecular formula is C19H16N2O3S. The Hall–Kier alpha value is -2.99. The molecule has 0 saturated carbocycles. The van der Waals surface area contributed by atoms with Gasteiger partial charge in [-0.05, 0) is 29.3 Å². The van der Waals surface area contributed by atoms with Crippen LogP contribution in [0.4, 0.5) is 5.69 Å². The van der Waals surface area contributed by atoms with Gasteiger partial charge in [0.25, 0.3) is 5.69 Å². The van der Waals surface area contributed by atoms with Gasteiger partial charge in [-0.2, -0.15) is 0 Å². The Bertz CT molecular complexity index is 972. The smallest absolute Gasteiger partial charge is 0.269 e. The van der Waals surface area contributed by atoms with E-state index in [9.17, 15) is 15.2 Å². The minimum atomic E-state index is -0.497. The molecule has 0 saturated heterocycles. The largest absolute Gasteiger partial charge is 0.508 e. The van der Waals surface area contributed by atoms with Crippen molar-refractivity contribution in [3.05, 3.63) is 81.9 Å². The van der Waals surface area contributed by atoms with Crippen LogP contribution in [0.2, 0.25) is 0 Å². The maximum Gasteiger partial charge on any atom is 0.269 e. The number of phenols is 1. The monoisotopic (exact) mass is 352 g/mol. The van der Waals surface area contributed by atoms with Crippen molar-refractivity contribution in [1.29, 1.82) is 0 Å². The summed E-state index contributed by atoms with van der Waals surface area (Å²) in [6.07, 6.45) is 0. The van der Waals surface area contributed by atoms with Crippen LogP contribution < -0.4 is 5.32 Å². The zero-order valence-corrected chi connectivity index (χ0v) is 14.3. The van der Waals surface area contributed by atoms with E-state index in [1.807, 2.05) is 30.3 Å². The van der Waals surface area contributed by atoms with Gasteiger partial charge >= 0.3 is 0 Å². The van der Waals surface area contributed by atoms with Crippen molar-refractivity contribution >= 4 is 33.7 Å². The van der Waals surface area contributed by atoms with Crippen LogP contribution in [0.3, 0.4) is 0 Å². The molecule has 1 unspecified atom stereocenters. The standard InChI is InChI=1S/C19H16N2O3S/c1-12(25)20-19(14-6-4-7-15(11-14)21(23)24)18-16-8-3-2-5-13(16)9-10-17(18)22/h2-11,19,22H,1H3,(H,20,25). The second-order valence-electron chi connectivity index (χ2n) is 5.71. The highest BCUT2D eigenvalue weighted by Gasteiger charge is 2.22. The Morgan fingerprint density at radius 1 is 1.16 bits per heavy atom. The second-order valence-corrected chi connectivity index (χ2v) is 6.32. The number of thiocarbonyl (C=S) groups is 1. The Morgan fingerprint density at radius 2 is 1.92 bits per heavy atom. The first-order valence-corrected chi connectivity index (χ1v) is 8.10. The molecule has 0 heterocycles. The van der Waals surface area contributed by atoms with Crippen LogP contribution >= 0.6 is 12.2 Å². The van der Waals surface area contributed by atoms with Gasteiger partial charge in [0.1, 0.15) is 5.75 Å². The molecule has 6 heteroatoms. The van der Waals surface area contributed by atoms with Crippen molar-refractivity contribution in [2.24, 2.45) is 0 Å². The molecule has 3 aromatic rings. The van der Waals surface area contributed by atoms with Crippen molar-refractivity contribution in [3.63, 3.8) is 0 Å². The number of aromatic hydroxyl groups is 1. The zero-order valence-electron chi connectivity index (χ0n) is 13.5. The van der Waals surface area contributed by atoms with E-state index in [0.29, 0.717) is 16.1 Å². The lowest BCUT2D eigenvalue weighted by Crippen LogP contribution is -2.26. The predicted molar refractivity (Wildman–Crippen MR) is 102 cm³/mol. The first kappa shape index (κ1) is 16.9. The predicted octanol–water partition coefficient (Wildman–Crippen LogP) is 4.48. The van der Waals surface area contributed by atoms with Gasteiger partial charge in [-0.3, -0.25) is 10.1 Å². The third kappa shape index (κ3) is 3.44. The number of nitrogens with one attached hydrogen (secondary N) is 1. The van der Waals surface area contributed by atoms with E-state index in [-0.39, 0.29) is 11.4 Å². The number of benzene rings is 3. The first-order valence-electron chi connectivity index (χ1n) is 7.69. The molecule has 0 bridgehead atoms. The molecule has 3 aromatic carbocycles. The maximum absolute atomic E-state index is 11.1. The van der Waals surface area contributed by atoms with E-state index in [1.54, 1.807) is 25.1 Å². The number of nitro benzene ring substituents is 1. The lowest BCUT2D eigenvalue weighted by Gasteiger charge is -2.23. The molecule has 0 aliphatic heterocycles. The summed E-state index contributed by atoms with van der Waals surface area (Å²) < 4.78 is 0. The van der Waals surface area contributed by atoms with Crippen molar-refractivity contribution in [3.8, 4) is 5.75 Å². The molecule has 5 nitrogen and oxygen atoms in total. The van der Waals surface area contributed by atoms with Gasteiger partial charge in [0, 0.05) is 17.7 Å². The quantitative estimate of drug-likeness (QED) is 0.411. The number of phenolic OH excluding ortho intramolecular Hbond substituents is 1. The molecular weight excluding hydrogens is 336 g/mol. The summed E-state index contributed by atoms with van der Waals surface area (Å²) in [5.74, 6) is 0.110. The average molecular weight is 352 g/mol. The number of nitrogens with zero attached hydrogens (tertiary/aromatic N) is 1. The molecule has 25 heavy (non-hydrogen) atoms. The molecule has 0 spiro atoms. The first-order chi connectivity index (χ1) is 12.0. The molecule has 0 radical (unpaired) electrons. The van der Waals surface area contributed by atoms with E-state index in [2.05, 4.69) is 5.32 Å². The molecule has 2 N–H and O–H groups in total. The number of non-ortho nitro benzene ring substituents is 1. The lowest BCUT2D eigenvalue weighted by atomic mass is 9.92. The average Bonchev–Trinajstić information content (AvgIpc) is 2.60. The van der Waals surface area contributed by atoms with Crippen LogP contribution in [0.25, 0.3) is 10.8 Å². The van der Waals surface area contributed by atoms with E-state index >= 15 is 0 Å². The Balaban J connectivity index is 2.24. The molecule has 1 atom stereocenters. The number of rotatable bonds is 4. The van der Waals surface area contributed by atoms with Gasteiger partial charge < -0.3 is 10.4 Å². The number of nitro groups is 1. The number of hydrogen-bond donors (Lipinski definition) is 2. The molecule has 0 aliphatic carbocycles. The maximum atomic E-state index is 11.1. The fraction of sp³-hybridized carbons (Fsp3) is 0.105. The summed E-state index contributed by atoms with van der Waals surface area (Å²) in [6, 6.07) is 17.0. The fourth-order valence-corrected chi connectivity index (χ4v) is 3.05. The summed E-state index contributed by atoms with van der Waals surface area (Å²) >= 11 is 5.20. The normalized spacial score (nSPS) is 11.9. The Morgan fingerprint density at radius 3 is 2.64 bits per heavy atom. The van der Waals surface area contributed by atoms with Crippen molar-refractivity contribution < 1.29 is 10.0 Å². The summed E-state index contributed by atoms with van der Waals surface area (Å²) in [7, 11) is 0. The van der Waals surface area contributed by atoms with Gasteiger partial charge in [0.15, 0.2) is 0 Å². The van der Waals surface area contributed by atoms with Gasteiger partial charge in [-0.25, -0.2) is 0 Å². The van der Waals surface area contributed by atoms with Crippen molar-refractivity contribution in [2.75, 3.05) is 0 Å². The van der Waals surface area contributed by atoms with E-state index < -0.39 is 11.0 Å². The number of hydrogen-bond acceptors (Lipinski definition) is 4. The summed E-state index contributed by atoms with van der Waals surface area (Å²) in [5, 5.41) is 26.6. The molecule has 0 aliphatic rings. The minimum absolute atomic E-state index is 0.00829. The van der Waals surface area contributed by atoms with Crippen molar-refractivity contribution in [1.82, 2.24) is 5.32 Å². The van der Waals surface area contributed by atoms with E-state index in [0.717, 1.165) is 10.8 Å². The highest BCUT2D eigenvalue weighted by Crippen LogP contribution is 2.36. The molecule has 0 amide bonds. The van der Waals surface area contributed by atoms with Gasteiger partial charge in [-0.15, -0.1) is 0 Å².